The van der Waals surface area contributed by atoms with E-state index in [0.717, 1.165) is 31.6 Å². The summed E-state index contributed by atoms with van der Waals surface area (Å²) in [6.07, 6.45) is 6.50. The molecule has 1 spiro atoms. The highest BCUT2D eigenvalue weighted by Gasteiger charge is 2.57. The molecular weight excluding hydrogens is 388 g/mol. The van der Waals surface area contributed by atoms with Gasteiger partial charge >= 0.3 is 6.03 Å². The van der Waals surface area contributed by atoms with Crippen LogP contribution in [0.3, 0.4) is 0 Å². The van der Waals surface area contributed by atoms with Gasteiger partial charge in [-0.25, -0.2) is 4.79 Å². The molecule has 162 valence electrons. The highest BCUT2D eigenvalue weighted by molar-refractivity contribution is 6.07. The van der Waals surface area contributed by atoms with E-state index in [-0.39, 0.29) is 18.5 Å². The van der Waals surface area contributed by atoms with E-state index in [4.69, 9.17) is 0 Å². The van der Waals surface area contributed by atoms with Gasteiger partial charge in [0.05, 0.1) is 12.2 Å². The van der Waals surface area contributed by atoms with E-state index >= 15 is 0 Å². The van der Waals surface area contributed by atoms with E-state index in [9.17, 15) is 9.59 Å². The molecule has 2 aliphatic heterocycles. The third kappa shape index (κ3) is 3.43. The minimum atomic E-state index is -0.691. The summed E-state index contributed by atoms with van der Waals surface area (Å²) in [6.45, 7) is 4.50. The van der Waals surface area contributed by atoms with Gasteiger partial charge in [-0.3, -0.25) is 19.6 Å². The van der Waals surface area contributed by atoms with Crippen LogP contribution in [0.4, 0.5) is 4.79 Å². The quantitative estimate of drug-likeness (QED) is 0.716. The lowest BCUT2D eigenvalue weighted by Gasteiger charge is -2.45. The van der Waals surface area contributed by atoms with Crippen LogP contribution in [-0.4, -0.2) is 62.8 Å². The molecule has 3 amide bonds. The minimum Gasteiger partial charge on any atom is -0.310 e. The molecule has 1 aromatic carbocycles. The predicted octanol–water partition coefficient (Wildman–Crippen LogP) is 3.26. The second-order valence-corrected chi connectivity index (χ2v) is 8.97. The number of hydrogen-bond donors (Lipinski definition) is 0. The van der Waals surface area contributed by atoms with Gasteiger partial charge in [0.1, 0.15) is 5.54 Å². The zero-order valence-electron chi connectivity index (χ0n) is 18.2. The molecule has 6 nitrogen and oxygen atoms in total. The lowest BCUT2D eigenvalue weighted by Crippen LogP contribution is -2.58. The molecule has 0 saturated carbocycles. The first-order chi connectivity index (χ1) is 15.1. The summed E-state index contributed by atoms with van der Waals surface area (Å²) >= 11 is 0. The number of carbonyl (C=O) groups is 2. The Hall–Kier alpha value is -2.73. The average molecular weight is 419 g/mol. The van der Waals surface area contributed by atoms with Crippen LogP contribution in [0, 0.1) is 0 Å². The number of rotatable bonds is 4. The zero-order chi connectivity index (χ0) is 21.4. The molecule has 5 rings (SSSR count). The summed E-state index contributed by atoms with van der Waals surface area (Å²) < 4.78 is 0. The molecule has 0 bridgehead atoms. The van der Waals surface area contributed by atoms with E-state index < -0.39 is 5.54 Å². The van der Waals surface area contributed by atoms with Crippen molar-refractivity contribution in [3.63, 3.8) is 0 Å². The number of piperidine rings is 1. The number of pyridine rings is 1. The van der Waals surface area contributed by atoms with E-state index in [0.29, 0.717) is 25.4 Å². The Labute approximate surface area is 183 Å². The average Bonchev–Trinajstić information content (AvgIpc) is 3.00. The maximum atomic E-state index is 13.5. The number of hydrogen-bond acceptors (Lipinski definition) is 4. The van der Waals surface area contributed by atoms with Crippen molar-refractivity contribution >= 4 is 11.9 Å². The van der Waals surface area contributed by atoms with Crippen LogP contribution < -0.4 is 0 Å². The first kappa shape index (κ1) is 20.2. The lowest BCUT2D eigenvalue weighted by atomic mass is 9.82. The Morgan fingerprint density at radius 2 is 1.77 bits per heavy atom. The van der Waals surface area contributed by atoms with Crippen LogP contribution in [-0.2, 0) is 24.2 Å². The topological polar surface area (TPSA) is 56.8 Å². The number of aryl methyl sites for hydroxylation is 1. The van der Waals surface area contributed by atoms with Gasteiger partial charge in [0.2, 0.25) is 0 Å². The molecule has 0 radical (unpaired) electrons. The molecule has 3 aliphatic rings. The monoisotopic (exact) mass is 418 g/mol. The third-order valence-corrected chi connectivity index (χ3v) is 7.45. The minimum absolute atomic E-state index is 0.0429. The Bertz CT molecular complexity index is 968. The number of benzene rings is 1. The number of aromatic nitrogens is 1. The number of nitrogens with zero attached hydrogens (tertiary/aromatic N) is 4. The number of carbonyl (C=O) groups excluding carboxylic acids is 2. The van der Waals surface area contributed by atoms with Gasteiger partial charge in [-0.1, -0.05) is 30.3 Å². The van der Waals surface area contributed by atoms with Gasteiger partial charge in [-0.2, -0.15) is 0 Å². The van der Waals surface area contributed by atoms with Crippen LogP contribution in [0.25, 0.3) is 0 Å². The summed E-state index contributed by atoms with van der Waals surface area (Å²) in [7, 11) is 0. The van der Waals surface area contributed by atoms with Gasteiger partial charge in [-0.05, 0) is 62.3 Å². The molecule has 6 heteroatoms. The van der Waals surface area contributed by atoms with Crippen molar-refractivity contribution < 1.29 is 9.59 Å². The number of imide groups is 1. The van der Waals surface area contributed by atoms with Gasteiger partial charge < -0.3 is 4.90 Å². The van der Waals surface area contributed by atoms with E-state index in [1.165, 1.54) is 22.4 Å². The second kappa shape index (κ2) is 8.08. The van der Waals surface area contributed by atoms with Crippen LogP contribution in [0.1, 0.15) is 43.0 Å². The van der Waals surface area contributed by atoms with E-state index in [1.807, 2.05) is 30.0 Å². The van der Waals surface area contributed by atoms with Crippen molar-refractivity contribution in [3.05, 3.63) is 65.5 Å². The summed E-state index contributed by atoms with van der Waals surface area (Å²) in [5.74, 6) is -0.0429. The molecule has 0 N–H and O–H groups in total. The Kier molecular flexibility index (Phi) is 5.26. The molecular formula is C25H30N4O2. The highest BCUT2D eigenvalue weighted by Crippen LogP contribution is 2.39. The van der Waals surface area contributed by atoms with Crippen LogP contribution in [0.5, 0.6) is 0 Å². The second-order valence-electron chi connectivity index (χ2n) is 8.97. The van der Waals surface area contributed by atoms with Gasteiger partial charge in [0.15, 0.2) is 0 Å². The number of urea groups is 1. The van der Waals surface area contributed by atoms with Gasteiger partial charge in [0.25, 0.3) is 5.91 Å². The van der Waals surface area contributed by atoms with E-state index in [1.54, 1.807) is 6.20 Å². The van der Waals surface area contributed by atoms with Gasteiger partial charge in [0, 0.05) is 31.9 Å². The van der Waals surface area contributed by atoms with Crippen molar-refractivity contribution in [1.82, 2.24) is 19.7 Å². The largest absolute Gasteiger partial charge is 0.328 e. The summed E-state index contributed by atoms with van der Waals surface area (Å²) in [5, 5.41) is 0. The molecule has 31 heavy (non-hydrogen) atoms. The fourth-order valence-electron chi connectivity index (χ4n) is 5.75. The first-order valence-corrected chi connectivity index (χ1v) is 11.5. The summed E-state index contributed by atoms with van der Waals surface area (Å²) in [4.78, 5) is 36.8. The maximum absolute atomic E-state index is 13.5. The van der Waals surface area contributed by atoms with E-state index in [2.05, 4.69) is 34.1 Å². The molecule has 2 saturated heterocycles. The van der Waals surface area contributed by atoms with Crippen molar-refractivity contribution in [3.8, 4) is 0 Å². The highest BCUT2D eigenvalue weighted by atomic mass is 16.2. The molecule has 1 atom stereocenters. The molecule has 1 unspecified atom stereocenters. The smallest absolute Gasteiger partial charge is 0.310 e. The van der Waals surface area contributed by atoms with Crippen LogP contribution in [0.15, 0.2) is 48.7 Å². The fourth-order valence-corrected chi connectivity index (χ4v) is 5.75. The zero-order valence-corrected chi connectivity index (χ0v) is 18.2. The predicted molar refractivity (Wildman–Crippen MR) is 118 cm³/mol. The SMILES string of the molecule is CCN1C(=O)N(Cc2ccccn2)C(=O)C12CCN(C1CCc3ccccc3C1)CC2. The van der Waals surface area contributed by atoms with Crippen LogP contribution in [0.2, 0.25) is 0 Å². The third-order valence-electron chi connectivity index (χ3n) is 7.45. The summed E-state index contributed by atoms with van der Waals surface area (Å²) in [5.41, 5.74) is 2.99. The van der Waals surface area contributed by atoms with Crippen molar-refractivity contribution in [2.24, 2.45) is 0 Å². The van der Waals surface area contributed by atoms with Crippen LogP contribution >= 0.6 is 0 Å². The molecule has 2 aromatic rings. The van der Waals surface area contributed by atoms with Crippen molar-refractivity contribution in [2.75, 3.05) is 19.6 Å². The van der Waals surface area contributed by atoms with Crippen molar-refractivity contribution in [2.45, 2.75) is 57.2 Å². The van der Waals surface area contributed by atoms with Crippen molar-refractivity contribution in [1.29, 1.82) is 0 Å². The first-order valence-electron chi connectivity index (χ1n) is 11.5. The Morgan fingerprint density at radius 1 is 1.03 bits per heavy atom. The number of likely N-dealkylation sites (tertiary alicyclic amines) is 1. The fraction of sp³-hybridized carbons (Fsp3) is 0.480. The normalized spacial score (nSPS) is 23.5. The standard InChI is InChI=1S/C25H30N4O2/c1-2-29-24(31)28(18-21-9-5-6-14-26-21)23(30)25(29)12-15-27(16-13-25)22-11-10-19-7-3-4-8-20(19)17-22/h3-9,14,22H,2,10-13,15-18H2,1H3. The molecule has 3 heterocycles. The Morgan fingerprint density at radius 3 is 2.48 bits per heavy atom. The number of fused-ring (bicyclic) bond motifs is 1. The maximum Gasteiger partial charge on any atom is 0.328 e. The lowest BCUT2D eigenvalue weighted by molar-refractivity contribution is -0.136. The number of likely N-dealkylation sites (N-methyl/N-ethyl adjacent to an activating group) is 1. The van der Waals surface area contributed by atoms with Gasteiger partial charge in [-0.15, -0.1) is 0 Å². The molecule has 1 aliphatic carbocycles. The molecule has 1 aromatic heterocycles. The molecule has 2 fully saturated rings. The Balaban J connectivity index is 1.30. The summed E-state index contributed by atoms with van der Waals surface area (Å²) in [6, 6.07) is 14.7. The number of amides is 3.